The third kappa shape index (κ3) is 140. The van der Waals surface area contributed by atoms with Gasteiger partial charge in [0.2, 0.25) is 0 Å². The third-order valence-corrected chi connectivity index (χ3v) is 0.0943. The molecular formula is H16BNaO10. The van der Waals surface area contributed by atoms with Crippen molar-refractivity contribution in [3.63, 3.8) is 0 Å². The Morgan fingerprint density at radius 3 is 0.917 bits per heavy atom. The van der Waals surface area contributed by atoms with Crippen LogP contribution in [0.2, 0.25) is 0 Å². The molecule has 0 unspecified atom stereocenters. The van der Waals surface area contributed by atoms with Crippen LogP contribution in [0.3, 0.4) is 0 Å². The zero-order valence-corrected chi connectivity index (χ0v) is 8.33. The number of hydrogen-bond donors (Lipinski definition) is 3. The molecule has 0 rings (SSSR count). The first-order valence-electron chi connectivity index (χ1n) is 0.935. The van der Waals surface area contributed by atoms with Crippen molar-refractivity contribution >= 4 is 7.32 Å². The molecule has 0 heterocycles. The smallest absolute Gasteiger partial charge is 1.00 e. The van der Waals surface area contributed by atoms with E-state index in [0.29, 0.717) is 0 Å². The molecule has 0 radical (unpaired) electrons. The fraction of sp³-hybridized carbons (Fsp3) is 0. The fourth-order valence-electron chi connectivity index (χ4n) is 0. The minimum atomic E-state index is -2.06. The van der Waals surface area contributed by atoms with E-state index >= 15 is 0 Å². The normalized spacial score (nSPS) is 3.25. The van der Waals surface area contributed by atoms with Crippen molar-refractivity contribution in [2.24, 2.45) is 0 Å². The summed E-state index contributed by atoms with van der Waals surface area (Å²) in [5, 5.41) is 22.0. The van der Waals surface area contributed by atoms with Gasteiger partial charge in [0, 0.05) is 0 Å². The maximum absolute atomic E-state index is 7.44. The van der Waals surface area contributed by atoms with E-state index in [4.69, 9.17) is 15.3 Å². The van der Waals surface area contributed by atoms with Crippen molar-refractivity contribution in [1.82, 2.24) is 0 Å². The Morgan fingerprint density at radius 1 is 0.833 bits per heavy atom. The molecule has 0 aliphatic heterocycles. The van der Waals surface area contributed by atoms with Gasteiger partial charge in [-0.3, -0.25) is 5.26 Å². The quantitative estimate of drug-likeness (QED) is 0.216. The van der Waals surface area contributed by atoms with Gasteiger partial charge < -0.3 is 44.3 Å². The molecule has 0 amide bonds. The zero-order chi connectivity index (χ0) is 4.28. The second-order valence-corrected chi connectivity index (χ2v) is 0.432. The summed E-state index contributed by atoms with van der Waals surface area (Å²) < 4.78 is 0. The Kier molecular flexibility index (Phi) is 402. The van der Waals surface area contributed by atoms with Gasteiger partial charge in [0.1, 0.15) is 0 Å². The third-order valence-electron chi connectivity index (χ3n) is 0.0943. The molecule has 0 aromatic heterocycles. The Balaban J connectivity index is -0.00000000286. The van der Waals surface area contributed by atoms with Crippen molar-refractivity contribution in [2.45, 2.75) is 0 Å². The summed E-state index contributed by atoms with van der Waals surface area (Å²) in [5.74, 6) is 0. The van der Waals surface area contributed by atoms with Crippen LogP contribution in [-0.4, -0.2) is 55.5 Å². The summed E-state index contributed by atoms with van der Waals surface area (Å²) in [6.45, 7) is 0. The average Bonchev–Trinajstić information content (AvgIpc) is 1.38. The molecule has 0 bridgehead atoms. The monoisotopic (exact) mass is 210 g/mol. The maximum Gasteiger partial charge on any atom is 1.00 e. The topological polar surface area (TPSA) is 259 Å². The molecule has 0 atom stereocenters. The van der Waals surface area contributed by atoms with E-state index < -0.39 is 7.32 Å². The predicted molar refractivity (Wildman–Crippen MR) is 36.7 cm³/mol. The molecular weight excluding hydrogens is 194 g/mol. The minimum Gasteiger partial charge on any atom is -1.00 e. The van der Waals surface area contributed by atoms with Crippen LogP contribution >= 0.6 is 0 Å². The van der Waals surface area contributed by atoms with Crippen LogP contribution in [0.5, 0.6) is 0 Å². The second-order valence-electron chi connectivity index (χ2n) is 0.432. The Bertz CT molecular complexity index is 28.9. The number of hydrogen-bond acceptors (Lipinski definition) is 4. The molecule has 0 saturated heterocycles. The molecule has 0 aromatic carbocycles. The van der Waals surface area contributed by atoms with Gasteiger partial charge in [-0.05, 0) is 0 Å². The number of rotatable bonds is 1. The summed E-state index contributed by atoms with van der Waals surface area (Å²) in [6, 6.07) is 0. The van der Waals surface area contributed by atoms with Gasteiger partial charge in [-0.1, -0.05) is 0 Å². The van der Waals surface area contributed by atoms with E-state index in [9.17, 15) is 0 Å². The molecule has 15 N–H and O–H groups in total. The zero-order valence-electron chi connectivity index (χ0n) is 7.33. The molecule has 0 saturated carbocycles. The standard InChI is InChI=1S/BH3O4.Na.6H2O.H/c2-1(3)5-4;;;;;;;;/h2-4H;;6*1H2;/q;+1;;;;;;;-1. The van der Waals surface area contributed by atoms with Gasteiger partial charge in [-0.15, -0.1) is 0 Å². The first-order valence-corrected chi connectivity index (χ1v) is 0.935. The van der Waals surface area contributed by atoms with Crippen LogP contribution in [0.15, 0.2) is 0 Å². The summed E-state index contributed by atoms with van der Waals surface area (Å²) in [6.07, 6.45) is 0. The van der Waals surface area contributed by atoms with E-state index in [1.807, 2.05) is 0 Å². The Morgan fingerprint density at radius 2 is 0.917 bits per heavy atom. The predicted octanol–water partition coefficient (Wildman–Crippen LogP) is -9.39. The Hall–Kier alpha value is 0.665. The van der Waals surface area contributed by atoms with Crippen LogP contribution in [0.1, 0.15) is 1.43 Å². The van der Waals surface area contributed by atoms with Gasteiger partial charge in [0.05, 0.1) is 0 Å². The van der Waals surface area contributed by atoms with Crippen molar-refractivity contribution < 1.29 is 84.0 Å². The van der Waals surface area contributed by atoms with Crippen molar-refractivity contribution in [1.29, 1.82) is 0 Å². The van der Waals surface area contributed by atoms with Gasteiger partial charge in [0.15, 0.2) is 0 Å². The summed E-state index contributed by atoms with van der Waals surface area (Å²) in [5.41, 5.74) is 0. The summed E-state index contributed by atoms with van der Waals surface area (Å²) in [7, 11) is -2.06. The van der Waals surface area contributed by atoms with E-state index in [1.54, 1.807) is 0 Å². The first kappa shape index (κ1) is 79.2. The molecule has 0 aliphatic carbocycles. The average molecular weight is 210 g/mol. The van der Waals surface area contributed by atoms with Crippen molar-refractivity contribution in [3.05, 3.63) is 0 Å². The molecule has 80 valence electrons. The summed E-state index contributed by atoms with van der Waals surface area (Å²) >= 11 is 0. The first-order chi connectivity index (χ1) is 2.27. The van der Waals surface area contributed by atoms with E-state index in [-0.39, 0.29) is 63.8 Å². The SMILES string of the molecule is O.O.O.O.O.O.OOB(O)O.[H-].[Na+]. The van der Waals surface area contributed by atoms with Crippen LogP contribution in [0.4, 0.5) is 0 Å². The molecule has 0 spiro atoms. The maximum atomic E-state index is 7.44. The van der Waals surface area contributed by atoms with Crippen LogP contribution in [0.25, 0.3) is 0 Å². The van der Waals surface area contributed by atoms with Crippen LogP contribution in [-0.2, 0) is 4.81 Å². The molecule has 0 aromatic rings. The largest absolute Gasteiger partial charge is 1.00 e. The van der Waals surface area contributed by atoms with Crippen LogP contribution < -0.4 is 29.6 Å². The van der Waals surface area contributed by atoms with E-state index in [2.05, 4.69) is 4.81 Å². The van der Waals surface area contributed by atoms with Crippen molar-refractivity contribution in [3.8, 4) is 0 Å². The van der Waals surface area contributed by atoms with Crippen molar-refractivity contribution in [2.75, 3.05) is 0 Å². The van der Waals surface area contributed by atoms with E-state index in [1.165, 1.54) is 0 Å². The molecule has 0 aliphatic rings. The van der Waals surface area contributed by atoms with Crippen LogP contribution in [0, 0.1) is 0 Å². The van der Waals surface area contributed by atoms with Gasteiger partial charge in [0.25, 0.3) is 0 Å². The van der Waals surface area contributed by atoms with Gasteiger partial charge in [-0.25, -0.2) is 4.81 Å². The molecule has 12 heavy (non-hydrogen) atoms. The van der Waals surface area contributed by atoms with E-state index in [0.717, 1.165) is 0 Å². The van der Waals surface area contributed by atoms with Gasteiger partial charge >= 0.3 is 36.9 Å². The second kappa shape index (κ2) is 61.0. The van der Waals surface area contributed by atoms with Gasteiger partial charge in [-0.2, -0.15) is 0 Å². The molecule has 0 fully saturated rings. The molecule has 10 nitrogen and oxygen atoms in total. The fourth-order valence-corrected chi connectivity index (χ4v) is 0. The summed E-state index contributed by atoms with van der Waals surface area (Å²) in [4.78, 5) is 2.86. The Labute approximate surface area is 91.5 Å². The minimum absolute atomic E-state index is 0. The molecule has 12 heteroatoms.